The maximum atomic E-state index is 15.4. The molecule has 0 aliphatic carbocycles. The number of aromatic nitrogens is 6. The van der Waals surface area contributed by atoms with Crippen LogP contribution in [0.3, 0.4) is 0 Å². The van der Waals surface area contributed by atoms with Crippen LogP contribution in [0.15, 0.2) is 59.0 Å². The molecule has 0 N–H and O–H groups in total. The molecule has 1 aromatic carbocycles. The van der Waals surface area contributed by atoms with E-state index in [0.717, 1.165) is 15.9 Å². The molecule has 4 aromatic rings. The van der Waals surface area contributed by atoms with E-state index in [2.05, 4.69) is 35.4 Å². The van der Waals surface area contributed by atoms with Crippen molar-refractivity contribution in [3.8, 4) is 0 Å². The molecule has 0 unspecified atom stereocenters. The minimum atomic E-state index is -4.81. The summed E-state index contributed by atoms with van der Waals surface area (Å²) >= 11 is 0. The Labute approximate surface area is 214 Å². The number of fused-ring (bicyclic) bond motifs is 1. The predicted octanol–water partition coefficient (Wildman–Crippen LogP) is 4.83. The molecule has 0 bridgehead atoms. The Balaban J connectivity index is 1.44. The number of nitrogens with zero attached hydrogens (tertiary/aromatic N) is 9. The number of pyridine rings is 1. The Hall–Kier alpha value is -4.24. The molecule has 1 fully saturated rings. The minimum Gasteiger partial charge on any atom is -0.348 e. The van der Waals surface area contributed by atoms with E-state index in [9.17, 15) is 22.0 Å². The van der Waals surface area contributed by atoms with Crippen molar-refractivity contribution in [1.29, 1.82) is 0 Å². The van der Waals surface area contributed by atoms with Crippen LogP contribution in [-0.4, -0.2) is 55.1 Å². The van der Waals surface area contributed by atoms with Gasteiger partial charge in [-0.2, -0.15) is 26.7 Å². The van der Waals surface area contributed by atoms with E-state index in [1.807, 2.05) is 0 Å². The first-order chi connectivity index (χ1) is 18.4. The van der Waals surface area contributed by atoms with Crippen LogP contribution >= 0.6 is 0 Å². The summed E-state index contributed by atoms with van der Waals surface area (Å²) in [5.74, 6) is -8.04. The third-order valence-electron chi connectivity index (χ3n) is 6.45. The normalized spacial score (nSPS) is 18.2. The lowest BCUT2D eigenvalue weighted by Gasteiger charge is -2.20. The van der Waals surface area contributed by atoms with Crippen LogP contribution in [0.2, 0.25) is 0 Å². The highest BCUT2D eigenvalue weighted by atomic mass is 19.4. The van der Waals surface area contributed by atoms with E-state index >= 15 is 8.78 Å². The van der Waals surface area contributed by atoms with Gasteiger partial charge in [0.1, 0.15) is 0 Å². The third-order valence-corrected chi connectivity index (χ3v) is 6.45. The van der Waals surface area contributed by atoms with Crippen LogP contribution in [0.25, 0.3) is 11.2 Å². The average molecular weight is 551 g/mol. The smallest absolute Gasteiger partial charge is 0.348 e. The molecule has 202 valence electrons. The standard InChI is InChI=1S/C23H16F7N9/c24-20(25)7-9-38(12-20)18-16-17(32-19(33-18)21(26,27)14-4-2-1-3-5-14)35-39(34-16)11-13-6-8-31-10-15(13)22(36-37-22)23(28,29)30/h1-6,8,10H,7,9,11-12H2. The molecule has 0 amide bonds. The SMILES string of the molecule is FC1(F)CCN(c2nc(C(F)(F)c3ccccc3)nc3nn(Cc4ccncc4C4(C(F)(F)F)N=N4)nc23)C1. The lowest BCUT2D eigenvalue weighted by molar-refractivity contribution is -0.166. The van der Waals surface area contributed by atoms with Crippen LogP contribution in [0.4, 0.5) is 36.6 Å². The number of hydrogen-bond acceptors (Lipinski definition) is 8. The van der Waals surface area contributed by atoms with Gasteiger partial charge in [0.2, 0.25) is 11.5 Å². The lowest BCUT2D eigenvalue weighted by atomic mass is 9.99. The maximum absolute atomic E-state index is 15.4. The van der Waals surface area contributed by atoms with E-state index < -0.39 is 48.0 Å². The monoisotopic (exact) mass is 551 g/mol. The van der Waals surface area contributed by atoms with Gasteiger partial charge in [-0.25, -0.2) is 18.7 Å². The summed E-state index contributed by atoms with van der Waals surface area (Å²) in [6.45, 7) is -1.33. The summed E-state index contributed by atoms with van der Waals surface area (Å²) in [5.41, 5.74) is -3.96. The Kier molecular flexibility index (Phi) is 5.38. The van der Waals surface area contributed by atoms with Gasteiger partial charge in [-0.15, -0.1) is 20.4 Å². The molecular formula is C23H16F7N9. The number of alkyl halides is 7. The van der Waals surface area contributed by atoms with Crippen LogP contribution < -0.4 is 4.90 Å². The van der Waals surface area contributed by atoms with Gasteiger partial charge >= 0.3 is 17.8 Å². The largest absolute Gasteiger partial charge is 0.442 e. The predicted molar refractivity (Wildman–Crippen MR) is 120 cm³/mol. The molecule has 0 atom stereocenters. The van der Waals surface area contributed by atoms with Crippen LogP contribution in [0.5, 0.6) is 0 Å². The van der Waals surface area contributed by atoms with Gasteiger partial charge in [-0.1, -0.05) is 30.3 Å². The first kappa shape index (κ1) is 25.1. The van der Waals surface area contributed by atoms with Gasteiger partial charge < -0.3 is 4.90 Å². The highest BCUT2D eigenvalue weighted by Crippen LogP contribution is 2.53. The van der Waals surface area contributed by atoms with Crippen molar-refractivity contribution in [3.63, 3.8) is 0 Å². The first-order valence-corrected chi connectivity index (χ1v) is 11.5. The Morgan fingerprint density at radius 1 is 0.923 bits per heavy atom. The molecular weight excluding hydrogens is 535 g/mol. The summed E-state index contributed by atoms with van der Waals surface area (Å²) in [6, 6.07) is 7.98. The summed E-state index contributed by atoms with van der Waals surface area (Å²) in [5, 5.41) is 14.7. The molecule has 9 nitrogen and oxygen atoms in total. The number of halogens is 7. The number of hydrogen-bond donors (Lipinski definition) is 0. The Bertz CT molecular complexity index is 1580. The number of benzene rings is 1. The van der Waals surface area contributed by atoms with Gasteiger partial charge in [0.15, 0.2) is 11.3 Å². The summed E-state index contributed by atoms with van der Waals surface area (Å²) in [7, 11) is 0. The fourth-order valence-corrected chi connectivity index (χ4v) is 4.41. The second-order valence-electron chi connectivity index (χ2n) is 9.14. The van der Waals surface area contributed by atoms with Crippen LogP contribution in [0.1, 0.15) is 28.9 Å². The van der Waals surface area contributed by atoms with Crippen molar-refractivity contribution in [3.05, 3.63) is 71.3 Å². The van der Waals surface area contributed by atoms with Gasteiger partial charge in [-0.3, -0.25) is 4.98 Å². The highest BCUT2D eigenvalue weighted by Gasteiger charge is 2.66. The lowest BCUT2D eigenvalue weighted by Crippen LogP contribution is -2.31. The molecule has 16 heteroatoms. The molecule has 6 rings (SSSR count). The molecule has 2 aliphatic rings. The molecule has 5 heterocycles. The summed E-state index contributed by atoms with van der Waals surface area (Å²) < 4.78 is 99.8. The second-order valence-corrected chi connectivity index (χ2v) is 9.14. The van der Waals surface area contributed by atoms with Crippen molar-refractivity contribution >= 4 is 17.0 Å². The molecule has 0 saturated carbocycles. The zero-order valence-electron chi connectivity index (χ0n) is 19.6. The molecule has 3 aromatic heterocycles. The maximum Gasteiger partial charge on any atom is 0.442 e. The minimum absolute atomic E-state index is 0.0599. The zero-order chi connectivity index (χ0) is 27.6. The summed E-state index contributed by atoms with van der Waals surface area (Å²) in [6.07, 6.45) is -3.11. The fourth-order valence-electron chi connectivity index (χ4n) is 4.41. The van der Waals surface area contributed by atoms with E-state index in [1.54, 1.807) is 6.07 Å². The van der Waals surface area contributed by atoms with Gasteiger partial charge in [0.25, 0.3) is 5.92 Å². The van der Waals surface area contributed by atoms with E-state index in [0.29, 0.717) is 0 Å². The van der Waals surface area contributed by atoms with E-state index in [4.69, 9.17) is 0 Å². The fraction of sp³-hybridized carbons (Fsp3) is 0.348. The number of anilines is 1. The molecule has 2 aliphatic heterocycles. The van der Waals surface area contributed by atoms with Crippen molar-refractivity contribution in [2.45, 2.75) is 36.6 Å². The van der Waals surface area contributed by atoms with E-state index in [1.165, 1.54) is 36.5 Å². The average Bonchev–Trinajstić information content (AvgIpc) is 3.50. The van der Waals surface area contributed by atoms with Gasteiger partial charge in [0, 0.05) is 36.5 Å². The zero-order valence-corrected chi connectivity index (χ0v) is 19.6. The first-order valence-electron chi connectivity index (χ1n) is 11.5. The quantitative estimate of drug-likeness (QED) is 0.319. The second kappa shape index (κ2) is 8.38. The highest BCUT2D eigenvalue weighted by molar-refractivity contribution is 5.83. The molecule has 0 spiro atoms. The topological polar surface area (TPSA) is 97.3 Å². The van der Waals surface area contributed by atoms with Crippen molar-refractivity contribution in [1.82, 2.24) is 29.9 Å². The van der Waals surface area contributed by atoms with Crippen LogP contribution in [0, 0.1) is 0 Å². The van der Waals surface area contributed by atoms with Crippen molar-refractivity contribution < 1.29 is 30.7 Å². The molecule has 1 saturated heterocycles. The molecule has 39 heavy (non-hydrogen) atoms. The Morgan fingerprint density at radius 2 is 1.67 bits per heavy atom. The van der Waals surface area contributed by atoms with Crippen molar-refractivity contribution in [2.24, 2.45) is 10.2 Å². The summed E-state index contributed by atoms with van der Waals surface area (Å²) in [4.78, 5) is 13.6. The van der Waals surface area contributed by atoms with E-state index in [-0.39, 0.29) is 41.2 Å². The van der Waals surface area contributed by atoms with Gasteiger partial charge in [-0.05, 0) is 11.6 Å². The Morgan fingerprint density at radius 3 is 2.31 bits per heavy atom. The van der Waals surface area contributed by atoms with Gasteiger partial charge in [0.05, 0.1) is 13.1 Å². The van der Waals surface area contributed by atoms with Crippen LogP contribution in [-0.2, 0) is 18.1 Å². The molecule has 0 radical (unpaired) electrons. The van der Waals surface area contributed by atoms with Crippen molar-refractivity contribution in [2.75, 3.05) is 18.0 Å². The third kappa shape index (κ3) is 4.23. The number of rotatable bonds is 6.